The second-order valence-electron chi connectivity index (χ2n) is 4.26. The molecule has 0 aliphatic carbocycles. The molecule has 3 N–H and O–H groups in total. The molecule has 0 fully saturated rings. The predicted molar refractivity (Wildman–Crippen MR) is 86.9 cm³/mol. The Morgan fingerprint density at radius 3 is 2.40 bits per heavy atom. The molecule has 0 spiro atoms. The Morgan fingerprint density at radius 2 is 1.85 bits per heavy atom. The van der Waals surface area contributed by atoms with Gasteiger partial charge in [-0.25, -0.2) is 0 Å². The van der Waals surface area contributed by atoms with Gasteiger partial charge in [-0.15, -0.1) is 0 Å². The summed E-state index contributed by atoms with van der Waals surface area (Å²) in [5, 5.41) is 2.75. The van der Waals surface area contributed by atoms with Crippen molar-refractivity contribution >= 4 is 39.3 Å². The highest BCUT2D eigenvalue weighted by atomic mass is 79.9. The van der Waals surface area contributed by atoms with E-state index in [1.165, 1.54) is 6.92 Å². The first-order valence-electron chi connectivity index (χ1n) is 6.12. The molecule has 0 saturated carbocycles. The molecule has 0 heterocycles. The van der Waals surface area contributed by atoms with Crippen LogP contribution in [0.2, 0.25) is 0 Å². The monoisotopic (exact) mass is 350 g/mol. The van der Waals surface area contributed by atoms with E-state index in [0.29, 0.717) is 6.54 Å². The van der Waals surface area contributed by atoms with Crippen LogP contribution in [0.4, 0.5) is 5.69 Å². The van der Waals surface area contributed by atoms with Gasteiger partial charge >= 0.3 is 0 Å². The minimum atomic E-state index is -0.0632. The van der Waals surface area contributed by atoms with Crippen LogP contribution in [0.25, 0.3) is 0 Å². The van der Waals surface area contributed by atoms with Crippen LogP contribution in [0.3, 0.4) is 0 Å². The third-order valence-electron chi connectivity index (χ3n) is 2.65. The van der Waals surface area contributed by atoms with Crippen molar-refractivity contribution in [1.29, 1.82) is 0 Å². The van der Waals surface area contributed by atoms with E-state index in [9.17, 15) is 4.79 Å². The molecule has 0 saturated heterocycles. The Bertz CT molecular complexity index is 614. The van der Waals surface area contributed by atoms with Crippen LogP contribution in [-0.2, 0) is 11.3 Å². The fourth-order valence-corrected chi connectivity index (χ4v) is 3.25. The maximum absolute atomic E-state index is 11.0. The van der Waals surface area contributed by atoms with Crippen LogP contribution in [0, 0.1) is 0 Å². The molecule has 3 nitrogen and oxygen atoms in total. The molecule has 0 aliphatic rings. The maximum atomic E-state index is 11.0. The van der Waals surface area contributed by atoms with Crippen LogP contribution in [-0.4, -0.2) is 5.91 Å². The van der Waals surface area contributed by atoms with Gasteiger partial charge in [0.15, 0.2) is 0 Å². The average Bonchev–Trinajstić information content (AvgIpc) is 2.41. The van der Waals surface area contributed by atoms with E-state index in [0.717, 1.165) is 25.5 Å². The van der Waals surface area contributed by atoms with Gasteiger partial charge in [-0.3, -0.25) is 4.79 Å². The highest BCUT2D eigenvalue weighted by molar-refractivity contribution is 9.10. The molecule has 20 heavy (non-hydrogen) atoms. The number of benzene rings is 2. The predicted octanol–water partition coefficient (Wildman–Crippen LogP) is 4.02. The summed E-state index contributed by atoms with van der Waals surface area (Å²) in [5.74, 6) is -0.0632. The number of amides is 1. The van der Waals surface area contributed by atoms with Gasteiger partial charge in [0.2, 0.25) is 5.91 Å². The molecule has 2 aromatic carbocycles. The lowest BCUT2D eigenvalue weighted by Crippen LogP contribution is -2.05. The minimum Gasteiger partial charge on any atom is -0.326 e. The second-order valence-corrected chi connectivity index (χ2v) is 6.27. The van der Waals surface area contributed by atoms with E-state index in [-0.39, 0.29) is 5.91 Å². The molecule has 0 aliphatic heterocycles. The van der Waals surface area contributed by atoms with Crippen LogP contribution >= 0.6 is 27.7 Å². The second kappa shape index (κ2) is 6.92. The first-order chi connectivity index (χ1) is 9.58. The number of nitrogens with one attached hydrogen (secondary N) is 1. The van der Waals surface area contributed by atoms with E-state index in [2.05, 4.69) is 33.4 Å². The van der Waals surface area contributed by atoms with Crippen LogP contribution in [0.5, 0.6) is 0 Å². The number of nitrogens with two attached hydrogens (primary N) is 1. The van der Waals surface area contributed by atoms with Gasteiger partial charge < -0.3 is 11.1 Å². The zero-order valence-corrected chi connectivity index (χ0v) is 13.4. The van der Waals surface area contributed by atoms with Crippen molar-refractivity contribution < 1.29 is 4.79 Å². The summed E-state index contributed by atoms with van der Waals surface area (Å²) in [7, 11) is 0. The number of hydrogen-bond acceptors (Lipinski definition) is 3. The molecule has 0 bridgehead atoms. The first kappa shape index (κ1) is 15.1. The lowest BCUT2D eigenvalue weighted by atomic mass is 10.2. The van der Waals surface area contributed by atoms with Crippen molar-refractivity contribution in [1.82, 2.24) is 0 Å². The largest absolute Gasteiger partial charge is 0.326 e. The topological polar surface area (TPSA) is 55.1 Å². The molecule has 0 unspecified atom stereocenters. The van der Waals surface area contributed by atoms with Gasteiger partial charge in [0.1, 0.15) is 0 Å². The van der Waals surface area contributed by atoms with E-state index in [1.54, 1.807) is 11.8 Å². The SMILES string of the molecule is CC(=O)Nc1ccc(Sc2ccc(CN)c(Br)c2)cc1. The van der Waals surface area contributed by atoms with Crippen molar-refractivity contribution in [2.45, 2.75) is 23.3 Å². The number of halogens is 1. The van der Waals surface area contributed by atoms with Crippen LogP contribution < -0.4 is 11.1 Å². The molecule has 2 rings (SSSR count). The third kappa shape index (κ3) is 4.10. The number of carbonyl (C=O) groups excluding carboxylic acids is 1. The molecular weight excluding hydrogens is 336 g/mol. The van der Waals surface area contributed by atoms with Crippen molar-refractivity contribution in [3.05, 3.63) is 52.5 Å². The lowest BCUT2D eigenvalue weighted by Gasteiger charge is -2.07. The average molecular weight is 351 g/mol. The van der Waals surface area contributed by atoms with Crippen molar-refractivity contribution in [3.63, 3.8) is 0 Å². The summed E-state index contributed by atoms with van der Waals surface area (Å²) >= 11 is 5.18. The van der Waals surface area contributed by atoms with E-state index in [1.807, 2.05) is 30.3 Å². The molecule has 5 heteroatoms. The quantitative estimate of drug-likeness (QED) is 0.875. The Labute approximate surface area is 131 Å². The number of carbonyl (C=O) groups is 1. The zero-order valence-electron chi connectivity index (χ0n) is 11.0. The van der Waals surface area contributed by atoms with Gasteiger partial charge in [0.25, 0.3) is 0 Å². The van der Waals surface area contributed by atoms with E-state index >= 15 is 0 Å². The van der Waals surface area contributed by atoms with Crippen LogP contribution in [0.1, 0.15) is 12.5 Å². The summed E-state index contributed by atoms with van der Waals surface area (Å²) in [6.45, 7) is 2.02. The van der Waals surface area contributed by atoms with Crippen molar-refractivity contribution in [2.24, 2.45) is 5.73 Å². The highest BCUT2D eigenvalue weighted by Gasteiger charge is 2.03. The summed E-state index contributed by atoms with van der Waals surface area (Å²) < 4.78 is 1.03. The van der Waals surface area contributed by atoms with Gasteiger partial charge in [0.05, 0.1) is 0 Å². The molecule has 2 aromatic rings. The van der Waals surface area contributed by atoms with E-state index in [4.69, 9.17) is 5.73 Å². The number of hydrogen-bond donors (Lipinski definition) is 2. The molecule has 0 atom stereocenters. The van der Waals surface area contributed by atoms with Gasteiger partial charge in [-0.05, 0) is 42.0 Å². The first-order valence-corrected chi connectivity index (χ1v) is 7.73. The summed E-state index contributed by atoms with van der Waals surface area (Å²) in [6, 6.07) is 13.9. The normalized spacial score (nSPS) is 10.3. The zero-order chi connectivity index (χ0) is 14.5. The highest BCUT2D eigenvalue weighted by Crippen LogP contribution is 2.31. The standard InChI is InChI=1S/C15H15BrN2OS/c1-10(19)18-12-3-6-13(7-4-12)20-14-5-2-11(9-17)15(16)8-14/h2-8H,9,17H2,1H3,(H,18,19). The number of anilines is 1. The Morgan fingerprint density at radius 1 is 1.20 bits per heavy atom. The van der Waals surface area contributed by atoms with Crippen molar-refractivity contribution in [2.75, 3.05) is 5.32 Å². The fourth-order valence-electron chi connectivity index (χ4n) is 1.70. The van der Waals surface area contributed by atoms with Gasteiger partial charge in [-0.2, -0.15) is 0 Å². The Hall–Kier alpha value is -1.30. The van der Waals surface area contributed by atoms with Gasteiger partial charge in [0, 0.05) is 33.4 Å². The molecule has 1 amide bonds. The van der Waals surface area contributed by atoms with Crippen LogP contribution in [0.15, 0.2) is 56.7 Å². The smallest absolute Gasteiger partial charge is 0.221 e. The molecular formula is C15H15BrN2OS. The minimum absolute atomic E-state index is 0.0632. The Kier molecular flexibility index (Phi) is 5.23. The fraction of sp³-hybridized carbons (Fsp3) is 0.133. The lowest BCUT2D eigenvalue weighted by molar-refractivity contribution is -0.114. The molecule has 104 valence electrons. The van der Waals surface area contributed by atoms with Crippen molar-refractivity contribution in [3.8, 4) is 0 Å². The van der Waals surface area contributed by atoms with Gasteiger partial charge in [-0.1, -0.05) is 33.8 Å². The third-order valence-corrected chi connectivity index (χ3v) is 4.39. The summed E-state index contributed by atoms with van der Waals surface area (Å²) in [5.41, 5.74) is 7.54. The Balaban J connectivity index is 2.10. The summed E-state index contributed by atoms with van der Waals surface area (Å²) in [6.07, 6.45) is 0. The number of rotatable bonds is 4. The molecule has 0 aromatic heterocycles. The molecule has 0 radical (unpaired) electrons. The summed E-state index contributed by atoms with van der Waals surface area (Å²) in [4.78, 5) is 13.2. The van der Waals surface area contributed by atoms with E-state index < -0.39 is 0 Å². The maximum Gasteiger partial charge on any atom is 0.221 e.